The molecule has 4 nitrogen and oxygen atoms in total. The Morgan fingerprint density at radius 2 is 0.921 bits per heavy atom. The molecule has 1 rings (SSSR count). The summed E-state index contributed by atoms with van der Waals surface area (Å²) >= 11 is 0. The van der Waals surface area contributed by atoms with Gasteiger partial charge in [-0.2, -0.15) is 0 Å². The van der Waals surface area contributed by atoms with Crippen molar-refractivity contribution < 1.29 is 19.4 Å². The molecule has 0 saturated heterocycles. The standard InChI is InChI=1S/C34H64O4/c1-3-5-7-9-11-13-15-17-19-21-23-27-30(26-22-20-18-16-14-12-10-8-6-4-2)38-34(37)32-29-25-24-28-31(32)33(35)36/h30-32H,3-29H2,1-2H3,(H,35,36). The second-order valence-corrected chi connectivity index (χ2v) is 12.2. The van der Waals surface area contributed by atoms with Crippen molar-refractivity contribution >= 4 is 11.9 Å². The lowest BCUT2D eigenvalue weighted by molar-refractivity contribution is -0.164. The third-order valence-electron chi connectivity index (χ3n) is 8.68. The van der Waals surface area contributed by atoms with E-state index in [-0.39, 0.29) is 12.1 Å². The lowest BCUT2D eigenvalue weighted by Gasteiger charge is -2.29. The summed E-state index contributed by atoms with van der Waals surface area (Å²) in [5.74, 6) is -2.08. The SMILES string of the molecule is CCCCCCCCCCCCCC(CCCCCCCCCCCC)OC(=O)C1CCCCC1C(=O)O. The van der Waals surface area contributed by atoms with Gasteiger partial charge < -0.3 is 9.84 Å². The molecule has 3 unspecified atom stereocenters. The summed E-state index contributed by atoms with van der Waals surface area (Å²) in [7, 11) is 0. The Balaban J connectivity index is 2.32. The van der Waals surface area contributed by atoms with E-state index < -0.39 is 17.8 Å². The van der Waals surface area contributed by atoms with E-state index in [1.807, 2.05) is 0 Å². The van der Waals surface area contributed by atoms with Crippen LogP contribution in [0.4, 0.5) is 0 Å². The van der Waals surface area contributed by atoms with Gasteiger partial charge in [-0.25, -0.2) is 0 Å². The van der Waals surface area contributed by atoms with Gasteiger partial charge in [0.1, 0.15) is 6.10 Å². The normalized spacial score (nSPS) is 18.4. The summed E-state index contributed by atoms with van der Waals surface area (Å²) in [6, 6.07) is 0. The van der Waals surface area contributed by atoms with Crippen molar-refractivity contribution in [1.29, 1.82) is 0 Å². The van der Waals surface area contributed by atoms with Crippen LogP contribution in [0, 0.1) is 11.8 Å². The summed E-state index contributed by atoms with van der Waals surface area (Å²) < 4.78 is 6.04. The fourth-order valence-electron chi connectivity index (χ4n) is 6.12. The van der Waals surface area contributed by atoms with Crippen molar-refractivity contribution in [1.82, 2.24) is 0 Å². The fraction of sp³-hybridized carbons (Fsp3) is 0.941. The lowest BCUT2D eigenvalue weighted by atomic mass is 9.79. The monoisotopic (exact) mass is 536 g/mol. The Morgan fingerprint density at radius 1 is 0.579 bits per heavy atom. The van der Waals surface area contributed by atoms with Crippen LogP contribution < -0.4 is 0 Å². The minimum absolute atomic E-state index is 0.0357. The van der Waals surface area contributed by atoms with E-state index in [1.165, 1.54) is 122 Å². The number of carboxylic acids is 1. The average molecular weight is 537 g/mol. The van der Waals surface area contributed by atoms with Crippen molar-refractivity contribution in [3.05, 3.63) is 0 Å². The third kappa shape index (κ3) is 18.3. The first kappa shape index (κ1) is 35.0. The predicted molar refractivity (Wildman–Crippen MR) is 161 cm³/mol. The number of esters is 1. The first-order valence-corrected chi connectivity index (χ1v) is 17.0. The van der Waals surface area contributed by atoms with Gasteiger partial charge in [-0.15, -0.1) is 0 Å². The number of carbonyl (C=O) groups excluding carboxylic acids is 1. The first-order valence-electron chi connectivity index (χ1n) is 17.0. The zero-order chi connectivity index (χ0) is 27.7. The highest BCUT2D eigenvalue weighted by atomic mass is 16.5. The molecule has 0 spiro atoms. The van der Waals surface area contributed by atoms with E-state index in [2.05, 4.69) is 13.8 Å². The Kier molecular flexibility index (Phi) is 23.0. The highest BCUT2D eigenvalue weighted by molar-refractivity contribution is 5.81. The van der Waals surface area contributed by atoms with Crippen LogP contribution in [0.1, 0.15) is 187 Å². The Hall–Kier alpha value is -1.06. The highest BCUT2D eigenvalue weighted by Crippen LogP contribution is 2.32. The molecule has 4 heteroatoms. The summed E-state index contributed by atoms with van der Waals surface area (Å²) in [5, 5.41) is 9.60. The van der Waals surface area contributed by atoms with Crippen LogP contribution in [0.3, 0.4) is 0 Å². The van der Waals surface area contributed by atoms with Gasteiger partial charge in [0.25, 0.3) is 0 Å². The third-order valence-corrected chi connectivity index (χ3v) is 8.68. The first-order chi connectivity index (χ1) is 18.6. The molecule has 1 N–H and O–H groups in total. The van der Waals surface area contributed by atoms with Gasteiger partial charge in [-0.05, 0) is 38.5 Å². The molecule has 1 saturated carbocycles. The molecular weight excluding hydrogens is 472 g/mol. The quantitative estimate of drug-likeness (QED) is 0.0882. The zero-order valence-corrected chi connectivity index (χ0v) is 25.5. The fourth-order valence-corrected chi connectivity index (χ4v) is 6.12. The number of hydrogen-bond acceptors (Lipinski definition) is 3. The van der Waals surface area contributed by atoms with Crippen LogP contribution in [-0.2, 0) is 14.3 Å². The van der Waals surface area contributed by atoms with Crippen molar-refractivity contribution in [2.75, 3.05) is 0 Å². The molecule has 0 aromatic rings. The number of aliphatic carboxylic acids is 1. The van der Waals surface area contributed by atoms with E-state index in [4.69, 9.17) is 4.74 Å². The molecule has 1 aliphatic carbocycles. The van der Waals surface area contributed by atoms with Crippen LogP contribution in [0.25, 0.3) is 0 Å². The molecule has 0 amide bonds. The molecular formula is C34H64O4. The van der Waals surface area contributed by atoms with Crippen LogP contribution in [0.15, 0.2) is 0 Å². The van der Waals surface area contributed by atoms with E-state index >= 15 is 0 Å². The van der Waals surface area contributed by atoms with Crippen molar-refractivity contribution in [2.24, 2.45) is 11.8 Å². The molecule has 0 heterocycles. The molecule has 3 atom stereocenters. The Labute approximate surface area is 236 Å². The number of rotatable bonds is 26. The zero-order valence-electron chi connectivity index (χ0n) is 25.5. The van der Waals surface area contributed by atoms with E-state index in [1.54, 1.807) is 0 Å². The maximum atomic E-state index is 13.0. The summed E-state index contributed by atoms with van der Waals surface area (Å²) in [6.45, 7) is 4.53. The smallest absolute Gasteiger partial charge is 0.310 e. The van der Waals surface area contributed by atoms with Crippen LogP contribution >= 0.6 is 0 Å². The second kappa shape index (κ2) is 24.9. The molecule has 0 aromatic heterocycles. The maximum Gasteiger partial charge on any atom is 0.310 e. The number of carboxylic acid groups (broad SMARTS) is 1. The number of ether oxygens (including phenoxy) is 1. The van der Waals surface area contributed by atoms with Gasteiger partial charge >= 0.3 is 11.9 Å². The van der Waals surface area contributed by atoms with Crippen LogP contribution in [0.2, 0.25) is 0 Å². The van der Waals surface area contributed by atoms with Gasteiger partial charge in [0, 0.05) is 0 Å². The Morgan fingerprint density at radius 3 is 1.29 bits per heavy atom. The molecule has 1 fully saturated rings. The molecule has 0 bridgehead atoms. The number of unbranched alkanes of at least 4 members (excludes halogenated alkanes) is 19. The molecule has 38 heavy (non-hydrogen) atoms. The maximum absolute atomic E-state index is 13.0. The van der Waals surface area contributed by atoms with Gasteiger partial charge in [0.05, 0.1) is 11.8 Å². The number of carbonyl (C=O) groups is 2. The summed E-state index contributed by atoms with van der Waals surface area (Å²) in [6.07, 6.45) is 32.5. The lowest BCUT2D eigenvalue weighted by Crippen LogP contribution is -2.35. The van der Waals surface area contributed by atoms with Crippen LogP contribution in [0.5, 0.6) is 0 Å². The largest absolute Gasteiger partial charge is 0.481 e. The van der Waals surface area contributed by atoms with Crippen molar-refractivity contribution in [3.8, 4) is 0 Å². The average Bonchev–Trinajstić information content (AvgIpc) is 2.92. The van der Waals surface area contributed by atoms with Gasteiger partial charge in [-0.3, -0.25) is 9.59 Å². The highest BCUT2D eigenvalue weighted by Gasteiger charge is 2.37. The molecule has 224 valence electrons. The summed E-state index contributed by atoms with van der Waals surface area (Å²) in [5.41, 5.74) is 0. The van der Waals surface area contributed by atoms with Gasteiger partial charge in [0.2, 0.25) is 0 Å². The molecule has 0 radical (unpaired) electrons. The molecule has 1 aliphatic rings. The topological polar surface area (TPSA) is 63.6 Å². The minimum atomic E-state index is -0.830. The Bertz CT molecular complexity index is 561. The van der Waals surface area contributed by atoms with Gasteiger partial charge in [-0.1, -0.05) is 149 Å². The van der Waals surface area contributed by atoms with E-state index in [0.717, 1.165) is 38.5 Å². The second-order valence-electron chi connectivity index (χ2n) is 12.2. The van der Waals surface area contributed by atoms with E-state index in [9.17, 15) is 14.7 Å². The van der Waals surface area contributed by atoms with Crippen molar-refractivity contribution in [2.45, 2.75) is 193 Å². The summed E-state index contributed by atoms with van der Waals surface area (Å²) in [4.78, 5) is 24.7. The number of hydrogen-bond donors (Lipinski definition) is 1. The van der Waals surface area contributed by atoms with Crippen molar-refractivity contribution in [3.63, 3.8) is 0 Å². The molecule has 0 aliphatic heterocycles. The van der Waals surface area contributed by atoms with E-state index in [0.29, 0.717) is 12.8 Å². The van der Waals surface area contributed by atoms with Crippen LogP contribution in [-0.4, -0.2) is 23.1 Å². The van der Waals surface area contributed by atoms with Gasteiger partial charge in [0.15, 0.2) is 0 Å². The predicted octanol–water partition coefficient (Wildman–Crippen LogP) is 10.8. The molecule has 0 aromatic carbocycles. The minimum Gasteiger partial charge on any atom is -0.481 e.